The summed E-state index contributed by atoms with van der Waals surface area (Å²) in [4.78, 5) is 24.3. The Morgan fingerprint density at radius 1 is 1.17 bits per heavy atom. The Morgan fingerprint density at radius 2 is 1.90 bits per heavy atom. The Balaban J connectivity index is 1.90. The molecule has 6 heteroatoms. The van der Waals surface area contributed by atoms with Gasteiger partial charge in [-0.2, -0.15) is 5.10 Å². The van der Waals surface area contributed by atoms with E-state index in [0.717, 1.165) is 23.4 Å². The summed E-state index contributed by atoms with van der Waals surface area (Å²) in [5, 5.41) is 13.9. The minimum Gasteiger partial charge on any atom is -0.478 e. The lowest BCUT2D eigenvalue weighted by Crippen LogP contribution is -2.25. The number of aromatic nitrogens is 3. The Labute approximate surface area is 175 Å². The second-order valence-corrected chi connectivity index (χ2v) is 6.91. The maximum atomic E-state index is 12.8. The molecule has 3 rings (SSSR count). The molecule has 3 aromatic rings. The van der Waals surface area contributed by atoms with Gasteiger partial charge >= 0.3 is 11.7 Å². The van der Waals surface area contributed by atoms with Gasteiger partial charge in [-0.25, -0.2) is 14.3 Å². The summed E-state index contributed by atoms with van der Waals surface area (Å²) < 4.78 is 3.16. The zero-order valence-electron chi connectivity index (χ0n) is 17.0. The van der Waals surface area contributed by atoms with E-state index in [9.17, 15) is 14.7 Å². The minimum absolute atomic E-state index is 0.146. The van der Waals surface area contributed by atoms with Crippen molar-refractivity contribution in [2.24, 2.45) is 0 Å². The van der Waals surface area contributed by atoms with Crippen LogP contribution in [0.2, 0.25) is 0 Å². The number of nitrogens with zero attached hydrogens (tertiary/aromatic N) is 3. The van der Waals surface area contributed by atoms with Crippen molar-refractivity contribution in [3.63, 3.8) is 0 Å². The number of aromatic carboxylic acids is 1. The Morgan fingerprint density at radius 3 is 2.57 bits per heavy atom. The van der Waals surface area contributed by atoms with E-state index in [1.54, 1.807) is 22.8 Å². The van der Waals surface area contributed by atoms with Crippen LogP contribution in [0.4, 0.5) is 0 Å². The highest BCUT2D eigenvalue weighted by atomic mass is 16.4. The molecule has 0 saturated heterocycles. The second-order valence-electron chi connectivity index (χ2n) is 6.91. The van der Waals surface area contributed by atoms with Crippen LogP contribution < -0.4 is 5.69 Å². The molecular weight excluding hydrogens is 378 g/mol. The largest absolute Gasteiger partial charge is 0.478 e. The molecule has 0 aliphatic rings. The Bertz CT molecular complexity index is 1120. The number of aryl methyl sites for hydroxylation is 1. The van der Waals surface area contributed by atoms with Gasteiger partial charge in [0.15, 0.2) is 0 Å². The molecule has 154 valence electrons. The molecule has 1 heterocycles. The predicted molar refractivity (Wildman–Crippen MR) is 118 cm³/mol. The van der Waals surface area contributed by atoms with Gasteiger partial charge in [0.1, 0.15) is 5.82 Å². The number of rotatable bonds is 9. The number of benzene rings is 2. The first-order chi connectivity index (χ1) is 14.5. The number of hydrogen-bond donors (Lipinski definition) is 1. The number of carbonyl (C=O) groups is 1. The van der Waals surface area contributed by atoms with E-state index >= 15 is 0 Å². The van der Waals surface area contributed by atoms with Gasteiger partial charge in [-0.05, 0) is 36.1 Å². The number of hydrogen-bond acceptors (Lipinski definition) is 3. The van der Waals surface area contributed by atoms with Crippen molar-refractivity contribution >= 4 is 5.97 Å². The van der Waals surface area contributed by atoms with Crippen LogP contribution in [0.25, 0.3) is 11.1 Å². The zero-order valence-corrected chi connectivity index (χ0v) is 17.0. The van der Waals surface area contributed by atoms with Gasteiger partial charge in [0.2, 0.25) is 0 Å². The summed E-state index contributed by atoms with van der Waals surface area (Å²) >= 11 is 0. The molecule has 0 fully saturated rings. The van der Waals surface area contributed by atoms with Crippen molar-refractivity contribution in [2.45, 2.75) is 32.9 Å². The van der Waals surface area contributed by atoms with E-state index in [1.807, 2.05) is 55.5 Å². The second kappa shape index (κ2) is 9.69. The molecule has 0 bridgehead atoms. The van der Waals surface area contributed by atoms with Gasteiger partial charge in [0, 0.05) is 6.42 Å². The first kappa shape index (κ1) is 21.0. The molecule has 0 amide bonds. The molecule has 0 aliphatic carbocycles. The zero-order chi connectivity index (χ0) is 21.5. The SMILES string of the molecule is C=CCCc1nn(CC=CC)c(=O)n1Cc1ccc(-c2ccccc2C(=O)O)cc1. The third kappa shape index (κ3) is 4.66. The number of carboxylic acid groups (broad SMARTS) is 1. The van der Waals surface area contributed by atoms with Gasteiger partial charge in [-0.1, -0.05) is 60.7 Å². The van der Waals surface area contributed by atoms with E-state index < -0.39 is 5.97 Å². The molecule has 1 aromatic heterocycles. The topological polar surface area (TPSA) is 77.1 Å². The highest BCUT2D eigenvalue weighted by Crippen LogP contribution is 2.24. The third-order valence-corrected chi connectivity index (χ3v) is 4.85. The van der Waals surface area contributed by atoms with Crippen molar-refractivity contribution in [3.05, 3.63) is 101 Å². The lowest BCUT2D eigenvalue weighted by molar-refractivity contribution is 0.0697. The van der Waals surface area contributed by atoms with Crippen LogP contribution in [0, 0.1) is 0 Å². The quantitative estimate of drug-likeness (QED) is 0.545. The molecule has 0 atom stereocenters. The monoisotopic (exact) mass is 403 g/mol. The maximum absolute atomic E-state index is 12.8. The molecular formula is C24H25N3O3. The average molecular weight is 403 g/mol. The van der Waals surface area contributed by atoms with E-state index in [1.165, 1.54) is 4.68 Å². The van der Waals surface area contributed by atoms with Crippen molar-refractivity contribution in [1.82, 2.24) is 14.3 Å². The molecule has 0 radical (unpaired) electrons. The van der Waals surface area contributed by atoms with Crippen molar-refractivity contribution in [3.8, 4) is 11.1 Å². The summed E-state index contributed by atoms with van der Waals surface area (Å²) in [6, 6.07) is 14.5. The Hall–Kier alpha value is -3.67. The summed E-state index contributed by atoms with van der Waals surface area (Å²) in [5.41, 5.74) is 2.55. The van der Waals surface area contributed by atoms with E-state index in [4.69, 9.17) is 0 Å². The first-order valence-electron chi connectivity index (χ1n) is 9.85. The lowest BCUT2D eigenvalue weighted by Gasteiger charge is -2.09. The van der Waals surface area contributed by atoms with Crippen LogP contribution in [0.1, 0.15) is 35.1 Å². The van der Waals surface area contributed by atoms with Gasteiger partial charge in [0.05, 0.1) is 18.7 Å². The fraction of sp³-hybridized carbons (Fsp3) is 0.208. The van der Waals surface area contributed by atoms with Crippen molar-refractivity contribution < 1.29 is 9.90 Å². The minimum atomic E-state index is -0.957. The standard InChI is InChI=1S/C24H25N3O3/c1-3-5-11-22-25-27(16-6-4-2)24(30)26(22)17-18-12-14-19(15-13-18)20-9-7-8-10-21(20)23(28)29/h3-4,6-10,12-15H,1,5,11,16-17H2,2H3,(H,28,29). The van der Waals surface area contributed by atoms with Crippen molar-refractivity contribution in [2.75, 3.05) is 0 Å². The summed E-state index contributed by atoms with van der Waals surface area (Å²) in [7, 11) is 0. The highest BCUT2D eigenvalue weighted by molar-refractivity contribution is 5.95. The van der Waals surface area contributed by atoms with Crippen LogP contribution in [0.3, 0.4) is 0 Å². The average Bonchev–Trinajstić information content (AvgIpc) is 3.05. The molecule has 0 saturated carbocycles. The summed E-state index contributed by atoms with van der Waals surface area (Å²) in [6.07, 6.45) is 6.98. The first-order valence-corrected chi connectivity index (χ1v) is 9.85. The molecule has 6 nitrogen and oxygen atoms in total. The molecule has 0 spiro atoms. The molecule has 0 aliphatic heterocycles. The van der Waals surface area contributed by atoms with E-state index in [-0.39, 0.29) is 11.3 Å². The Kier molecular flexibility index (Phi) is 6.80. The normalized spacial score (nSPS) is 11.1. The van der Waals surface area contributed by atoms with Gasteiger partial charge in [0.25, 0.3) is 0 Å². The third-order valence-electron chi connectivity index (χ3n) is 4.85. The molecule has 30 heavy (non-hydrogen) atoms. The summed E-state index contributed by atoms with van der Waals surface area (Å²) in [5.74, 6) is -0.230. The molecule has 2 aromatic carbocycles. The van der Waals surface area contributed by atoms with Crippen LogP contribution in [-0.4, -0.2) is 25.4 Å². The van der Waals surface area contributed by atoms with Gasteiger partial charge in [-0.3, -0.25) is 4.57 Å². The smallest absolute Gasteiger partial charge is 0.346 e. The van der Waals surface area contributed by atoms with E-state index in [2.05, 4.69) is 11.7 Å². The fourth-order valence-electron chi connectivity index (χ4n) is 3.28. The van der Waals surface area contributed by atoms with E-state index in [0.29, 0.717) is 25.1 Å². The van der Waals surface area contributed by atoms with Crippen LogP contribution in [0.5, 0.6) is 0 Å². The van der Waals surface area contributed by atoms with Gasteiger partial charge in [-0.15, -0.1) is 6.58 Å². The lowest BCUT2D eigenvalue weighted by atomic mass is 9.99. The van der Waals surface area contributed by atoms with Gasteiger partial charge < -0.3 is 5.11 Å². The molecule has 0 unspecified atom stereocenters. The fourth-order valence-corrected chi connectivity index (χ4v) is 3.28. The molecule has 1 N–H and O–H groups in total. The van der Waals surface area contributed by atoms with Crippen LogP contribution >= 0.6 is 0 Å². The predicted octanol–water partition coefficient (Wildman–Crippen LogP) is 4.15. The highest BCUT2D eigenvalue weighted by Gasteiger charge is 2.14. The number of allylic oxidation sites excluding steroid dienone is 3. The number of carboxylic acids is 1. The maximum Gasteiger partial charge on any atom is 0.346 e. The van der Waals surface area contributed by atoms with Crippen molar-refractivity contribution in [1.29, 1.82) is 0 Å². The van der Waals surface area contributed by atoms with Crippen LogP contribution in [-0.2, 0) is 19.5 Å². The summed E-state index contributed by atoms with van der Waals surface area (Å²) in [6.45, 7) is 6.50. The van der Waals surface area contributed by atoms with Crippen LogP contribution in [0.15, 0.2) is 78.1 Å².